The van der Waals surface area contributed by atoms with Crippen LogP contribution in [0.15, 0.2) is 60.7 Å². The second kappa shape index (κ2) is 7.87. The minimum Gasteiger partial charge on any atom is -0.464 e. The summed E-state index contributed by atoms with van der Waals surface area (Å²) in [6.45, 7) is 6.28. The smallest absolute Gasteiger partial charge is 0.331 e. The molecule has 2 aromatic rings. The first-order chi connectivity index (χ1) is 12.6. The molecule has 0 N–H and O–H groups in total. The lowest BCUT2D eigenvalue weighted by Crippen LogP contribution is -2.45. The lowest BCUT2D eigenvalue weighted by molar-refractivity contribution is -0.148. The number of anilines is 1. The molecule has 4 nitrogen and oxygen atoms in total. The molecule has 5 heteroatoms. The van der Waals surface area contributed by atoms with Gasteiger partial charge in [0.05, 0.1) is 12.6 Å². The second-order valence-electron chi connectivity index (χ2n) is 6.54. The van der Waals surface area contributed by atoms with Crippen LogP contribution in [0.25, 0.3) is 0 Å². The molecule has 1 saturated heterocycles. The molecule has 3 rings (SSSR count). The van der Waals surface area contributed by atoms with Gasteiger partial charge in [-0.15, -0.1) is 0 Å². The highest BCUT2D eigenvalue weighted by molar-refractivity contribution is 7.80. The maximum atomic E-state index is 12.9. The van der Waals surface area contributed by atoms with Crippen molar-refractivity contribution in [2.75, 3.05) is 11.5 Å². The number of benzene rings is 2. The number of hydrogen-bond acceptors (Lipinski definition) is 3. The molecule has 2 aromatic carbocycles. The average Bonchev–Trinajstić information content (AvgIpc) is 2.96. The molecule has 0 aromatic heterocycles. The SMILES string of the molecule is CCOC(=O)[C@@H]1[C@@H](c2ccccc2)N(c2ccccc2)C(=S)N1C(C)C. The van der Waals surface area contributed by atoms with E-state index in [2.05, 4.69) is 18.7 Å². The number of carbonyl (C=O) groups excluding carboxylic acids is 1. The van der Waals surface area contributed by atoms with Gasteiger partial charge in [-0.1, -0.05) is 48.5 Å². The summed E-state index contributed by atoms with van der Waals surface area (Å²) in [7, 11) is 0. The van der Waals surface area contributed by atoms with Gasteiger partial charge in [-0.05, 0) is 50.7 Å². The third kappa shape index (κ3) is 3.31. The quantitative estimate of drug-likeness (QED) is 0.584. The summed E-state index contributed by atoms with van der Waals surface area (Å²) < 4.78 is 5.42. The zero-order valence-electron chi connectivity index (χ0n) is 15.3. The molecule has 0 unspecified atom stereocenters. The topological polar surface area (TPSA) is 32.8 Å². The molecule has 0 saturated carbocycles. The number of carbonyl (C=O) groups is 1. The maximum Gasteiger partial charge on any atom is 0.331 e. The number of ether oxygens (including phenoxy) is 1. The van der Waals surface area contributed by atoms with Crippen molar-refractivity contribution in [2.45, 2.75) is 38.9 Å². The van der Waals surface area contributed by atoms with Crippen LogP contribution < -0.4 is 4.90 Å². The van der Waals surface area contributed by atoms with E-state index in [9.17, 15) is 4.79 Å². The first kappa shape index (κ1) is 18.4. The summed E-state index contributed by atoms with van der Waals surface area (Å²) in [6.07, 6.45) is 0. The number of rotatable bonds is 5. The van der Waals surface area contributed by atoms with E-state index in [1.807, 2.05) is 72.5 Å². The lowest BCUT2D eigenvalue weighted by Gasteiger charge is -2.29. The summed E-state index contributed by atoms with van der Waals surface area (Å²) in [6, 6.07) is 19.4. The van der Waals surface area contributed by atoms with E-state index < -0.39 is 6.04 Å². The van der Waals surface area contributed by atoms with Crippen LogP contribution in [0.3, 0.4) is 0 Å². The van der Waals surface area contributed by atoms with Gasteiger partial charge in [0.1, 0.15) is 0 Å². The zero-order chi connectivity index (χ0) is 18.7. The Bertz CT molecular complexity index is 764. The van der Waals surface area contributed by atoms with Crippen LogP contribution in [0.2, 0.25) is 0 Å². The maximum absolute atomic E-state index is 12.9. The average molecular weight is 369 g/mol. The van der Waals surface area contributed by atoms with Crippen molar-refractivity contribution < 1.29 is 9.53 Å². The van der Waals surface area contributed by atoms with Gasteiger partial charge in [0.15, 0.2) is 11.2 Å². The first-order valence-electron chi connectivity index (χ1n) is 8.94. The first-order valence-corrected chi connectivity index (χ1v) is 9.35. The van der Waals surface area contributed by atoms with Gasteiger partial charge in [0.25, 0.3) is 0 Å². The molecule has 0 amide bonds. The molecule has 2 atom stereocenters. The fourth-order valence-electron chi connectivity index (χ4n) is 3.51. The molecule has 1 aliphatic rings. The zero-order valence-corrected chi connectivity index (χ0v) is 16.1. The van der Waals surface area contributed by atoms with Crippen molar-refractivity contribution in [2.24, 2.45) is 0 Å². The standard InChI is InChI=1S/C21H24N2O2S/c1-4-25-20(24)19-18(16-11-7-5-8-12-16)23(17-13-9-6-10-14-17)21(26)22(19)15(2)3/h5-15,18-19H,4H2,1-3H3/t18-,19+/m1/s1. The normalized spacial score (nSPS) is 19.9. The van der Waals surface area contributed by atoms with Gasteiger partial charge in [0.2, 0.25) is 0 Å². The van der Waals surface area contributed by atoms with E-state index in [4.69, 9.17) is 17.0 Å². The predicted octanol–water partition coefficient (Wildman–Crippen LogP) is 4.17. The number of para-hydroxylation sites is 1. The summed E-state index contributed by atoms with van der Waals surface area (Å²) in [5.41, 5.74) is 2.02. The molecule has 1 heterocycles. The highest BCUT2D eigenvalue weighted by Gasteiger charge is 2.50. The Morgan fingerprint density at radius 3 is 2.19 bits per heavy atom. The molecule has 1 fully saturated rings. The predicted molar refractivity (Wildman–Crippen MR) is 108 cm³/mol. The van der Waals surface area contributed by atoms with Crippen LogP contribution >= 0.6 is 12.2 Å². The Kier molecular flexibility index (Phi) is 5.57. The fourth-order valence-corrected chi connectivity index (χ4v) is 4.05. The van der Waals surface area contributed by atoms with Crippen LogP contribution in [-0.4, -0.2) is 34.7 Å². The molecule has 26 heavy (non-hydrogen) atoms. The van der Waals surface area contributed by atoms with Crippen LogP contribution in [0.1, 0.15) is 32.4 Å². The Hall–Kier alpha value is -2.40. The molecule has 0 radical (unpaired) electrons. The van der Waals surface area contributed by atoms with E-state index in [0.717, 1.165) is 11.3 Å². The molecular weight excluding hydrogens is 344 g/mol. The van der Waals surface area contributed by atoms with Crippen LogP contribution in [-0.2, 0) is 9.53 Å². The van der Waals surface area contributed by atoms with Crippen molar-refractivity contribution in [3.05, 3.63) is 66.2 Å². The van der Waals surface area contributed by atoms with Crippen molar-refractivity contribution in [3.63, 3.8) is 0 Å². The fraction of sp³-hybridized carbons (Fsp3) is 0.333. The van der Waals surface area contributed by atoms with Crippen LogP contribution in [0.5, 0.6) is 0 Å². The number of thiocarbonyl (C=S) groups is 1. The van der Waals surface area contributed by atoms with Gasteiger partial charge >= 0.3 is 5.97 Å². The van der Waals surface area contributed by atoms with E-state index in [0.29, 0.717) is 11.7 Å². The summed E-state index contributed by atoms with van der Waals surface area (Å²) in [4.78, 5) is 17.0. The lowest BCUT2D eigenvalue weighted by atomic mass is 9.98. The van der Waals surface area contributed by atoms with Crippen molar-refractivity contribution in [1.29, 1.82) is 0 Å². The van der Waals surface area contributed by atoms with Crippen LogP contribution in [0, 0.1) is 0 Å². The summed E-state index contributed by atoms with van der Waals surface area (Å²) >= 11 is 5.82. The van der Waals surface area contributed by atoms with Crippen molar-refractivity contribution in [3.8, 4) is 0 Å². The molecule has 0 bridgehead atoms. The van der Waals surface area contributed by atoms with E-state index in [1.54, 1.807) is 0 Å². The molecule has 1 aliphatic heterocycles. The van der Waals surface area contributed by atoms with Gasteiger partial charge in [-0.3, -0.25) is 0 Å². The van der Waals surface area contributed by atoms with Crippen molar-refractivity contribution >= 4 is 29.0 Å². The third-order valence-electron chi connectivity index (χ3n) is 4.56. The highest BCUT2D eigenvalue weighted by atomic mass is 32.1. The van der Waals surface area contributed by atoms with Gasteiger partial charge in [-0.2, -0.15) is 0 Å². The van der Waals surface area contributed by atoms with Crippen molar-refractivity contribution in [1.82, 2.24) is 4.90 Å². The minimum absolute atomic E-state index is 0.0804. The number of nitrogens with zero attached hydrogens (tertiary/aromatic N) is 2. The minimum atomic E-state index is -0.481. The van der Waals surface area contributed by atoms with Gasteiger partial charge in [0, 0.05) is 11.7 Å². The van der Waals surface area contributed by atoms with E-state index in [-0.39, 0.29) is 18.1 Å². The molecule has 0 aliphatic carbocycles. The number of hydrogen-bond donors (Lipinski definition) is 0. The van der Waals surface area contributed by atoms with E-state index >= 15 is 0 Å². The van der Waals surface area contributed by atoms with Gasteiger partial charge < -0.3 is 14.5 Å². The summed E-state index contributed by atoms with van der Waals surface area (Å²) in [5, 5.41) is 0.651. The molecule has 0 spiro atoms. The Morgan fingerprint density at radius 2 is 1.65 bits per heavy atom. The summed E-state index contributed by atoms with van der Waals surface area (Å²) in [5.74, 6) is -0.240. The number of esters is 1. The van der Waals surface area contributed by atoms with Crippen LogP contribution in [0.4, 0.5) is 5.69 Å². The van der Waals surface area contributed by atoms with E-state index in [1.165, 1.54) is 0 Å². The monoisotopic (exact) mass is 368 g/mol. The second-order valence-corrected chi connectivity index (χ2v) is 6.91. The third-order valence-corrected chi connectivity index (χ3v) is 4.97. The molecular formula is C21H24N2O2S. The highest BCUT2D eigenvalue weighted by Crippen LogP contribution is 2.40. The Balaban J connectivity index is 2.15. The molecule has 136 valence electrons. The Labute approximate surface area is 160 Å². The largest absolute Gasteiger partial charge is 0.464 e. The van der Waals surface area contributed by atoms with Gasteiger partial charge in [-0.25, -0.2) is 4.79 Å². The Morgan fingerprint density at radius 1 is 1.08 bits per heavy atom.